The zero-order valence-corrected chi connectivity index (χ0v) is 14.5. The highest BCUT2D eigenvalue weighted by Gasteiger charge is 2.33. The van der Waals surface area contributed by atoms with E-state index in [0.717, 1.165) is 6.07 Å². The number of amides is 3. The van der Waals surface area contributed by atoms with E-state index in [1.54, 1.807) is 41.1 Å². The second-order valence-electron chi connectivity index (χ2n) is 6.35. The van der Waals surface area contributed by atoms with Crippen molar-refractivity contribution in [2.75, 3.05) is 25.5 Å². The minimum Gasteiger partial charge on any atom is -0.339 e. The van der Waals surface area contributed by atoms with Gasteiger partial charge in [-0.3, -0.25) is 4.79 Å². The first-order chi connectivity index (χ1) is 12.3. The predicted octanol–water partition coefficient (Wildman–Crippen LogP) is 3.33. The Morgan fingerprint density at radius 2 is 1.62 bits per heavy atom. The third kappa shape index (κ3) is 3.82. The number of likely N-dealkylation sites (tertiary alicyclic amines) is 1. The molecule has 1 saturated heterocycles. The molecule has 2 aromatic carbocycles. The van der Waals surface area contributed by atoms with Crippen LogP contribution in [0.4, 0.5) is 19.3 Å². The zero-order chi connectivity index (χ0) is 18.8. The van der Waals surface area contributed by atoms with Gasteiger partial charge in [-0.25, -0.2) is 13.6 Å². The molecule has 136 valence electrons. The number of likely N-dealkylation sites (N-methyl/N-ethyl adjacent to an activating group) is 1. The largest absolute Gasteiger partial charge is 0.339 e. The van der Waals surface area contributed by atoms with E-state index in [-0.39, 0.29) is 18.0 Å². The fourth-order valence-electron chi connectivity index (χ4n) is 2.80. The monoisotopic (exact) mass is 359 g/mol. The molecule has 3 amide bonds. The molecule has 0 atom stereocenters. The van der Waals surface area contributed by atoms with Gasteiger partial charge in [0.2, 0.25) is 5.91 Å². The van der Waals surface area contributed by atoms with E-state index in [1.165, 1.54) is 19.1 Å². The number of hydrogen-bond acceptors (Lipinski definition) is 2. The number of nitrogens with zero attached hydrogens (tertiary/aromatic N) is 2. The fraction of sp³-hybridized carbons (Fsp3) is 0.263. The van der Waals surface area contributed by atoms with Crippen LogP contribution in [0.1, 0.15) is 6.92 Å². The van der Waals surface area contributed by atoms with Crippen LogP contribution < -0.4 is 5.32 Å². The number of anilines is 1. The molecule has 0 aliphatic carbocycles. The molecule has 3 rings (SSSR count). The summed E-state index contributed by atoms with van der Waals surface area (Å²) in [4.78, 5) is 26.7. The van der Waals surface area contributed by atoms with Crippen LogP contribution >= 0.6 is 0 Å². The molecular weight excluding hydrogens is 340 g/mol. The van der Waals surface area contributed by atoms with E-state index >= 15 is 0 Å². The van der Waals surface area contributed by atoms with Crippen LogP contribution in [-0.4, -0.2) is 47.9 Å². The molecule has 1 heterocycles. The van der Waals surface area contributed by atoms with Crippen LogP contribution in [-0.2, 0) is 4.79 Å². The van der Waals surface area contributed by atoms with Crippen molar-refractivity contribution < 1.29 is 18.4 Å². The van der Waals surface area contributed by atoms with E-state index in [0.29, 0.717) is 29.9 Å². The maximum atomic E-state index is 13.3. The highest BCUT2D eigenvalue weighted by atomic mass is 19.1. The van der Waals surface area contributed by atoms with Gasteiger partial charge < -0.3 is 15.1 Å². The van der Waals surface area contributed by atoms with Crippen LogP contribution in [0.15, 0.2) is 42.5 Å². The van der Waals surface area contributed by atoms with Crippen molar-refractivity contribution in [2.24, 2.45) is 0 Å². The van der Waals surface area contributed by atoms with Crippen molar-refractivity contribution in [3.05, 3.63) is 54.1 Å². The summed E-state index contributed by atoms with van der Waals surface area (Å²) in [5.41, 5.74) is 1.65. The second kappa shape index (κ2) is 7.11. The predicted molar refractivity (Wildman–Crippen MR) is 94.6 cm³/mol. The summed E-state index contributed by atoms with van der Waals surface area (Å²) in [6.45, 7) is 2.56. The molecule has 1 N–H and O–H groups in total. The quantitative estimate of drug-likeness (QED) is 0.914. The summed E-state index contributed by atoms with van der Waals surface area (Å²) in [6.07, 6.45) is 0. The molecule has 1 aliphatic rings. The molecule has 7 heteroatoms. The lowest BCUT2D eigenvalue weighted by Crippen LogP contribution is -2.61. The molecular formula is C19H19F2N3O2. The number of urea groups is 1. The van der Waals surface area contributed by atoms with Gasteiger partial charge in [-0.2, -0.15) is 0 Å². The lowest BCUT2D eigenvalue weighted by Gasteiger charge is -2.43. The SMILES string of the molecule is CC(=O)N1CC(N(C)C(=O)Nc2ccc(-c3cc(F)cc(F)c3)cc2)C1. The molecule has 0 saturated carbocycles. The van der Waals surface area contributed by atoms with Crippen LogP contribution in [0.2, 0.25) is 0 Å². The molecule has 0 radical (unpaired) electrons. The van der Waals surface area contributed by atoms with Gasteiger partial charge in [0.1, 0.15) is 11.6 Å². The van der Waals surface area contributed by atoms with Crippen molar-refractivity contribution in [1.29, 1.82) is 0 Å². The van der Waals surface area contributed by atoms with Gasteiger partial charge in [-0.15, -0.1) is 0 Å². The number of benzene rings is 2. The van der Waals surface area contributed by atoms with Gasteiger partial charge in [0.15, 0.2) is 0 Å². The number of halogens is 2. The normalized spacial score (nSPS) is 13.9. The summed E-state index contributed by atoms with van der Waals surface area (Å²) in [5.74, 6) is -1.28. The van der Waals surface area contributed by atoms with E-state index in [9.17, 15) is 18.4 Å². The van der Waals surface area contributed by atoms with Crippen molar-refractivity contribution in [1.82, 2.24) is 9.80 Å². The fourth-order valence-corrected chi connectivity index (χ4v) is 2.80. The summed E-state index contributed by atoms with van der Waals surface area (Å²) in [6, 6.07) is 9.76. The van der Waals surface area contributed by atoms with E-state index in [2.05, 4.69) is 5.32 Å². The molecule has 1 aliphatic heterocycles. The van der Waals surface area contributed by atoms with Crippen LogP contribution in [0.5, 0.6) is 0 Å². The average Bonchev–Trinajstić information content (AvgIpc) is 2.52. The molecule has 1 fully saturated rings. The maximum absolute atomic E-state index is 13.3. The Hall–Kier alpha value is -2.96. The smallest absolute Gasteiger partial charge is 0.321 e. The minimum absolute atomic E-state index is 0.000526. The second-order valence-corrected chi connectivity index (χ2v) is 6.35. The van der Waals surface area contributed by atoms with Gasteiger partial charge in [0.25, 0.3) is 0 Å². The standard InChI is InChI=1S/C19H19F2N3O2/c1-12(25)24-10-18(11-24)23(2)19(26)22-17-5-3-13(4-6-17)14-7-15(20)9-16(21)8-14/h3-9,18H,10-11H2,1-2H3,(H,22,26). The number of rotatable bonds is 3. The summed E-state index contributed by atoms with van der Waals surface area (Å²) >= 11 is 0. The average molecular weight is 359 g/mol. The van der Waals surface area contributed by atoms with Crippen LogP contribution in [0.3, 0.4) is 0 Å². The Balaban J connectivity index is 1.62. The molecule has 0 bridgehead atoms. The summed E-state index contributed by atoms with van der Waals surface area (Å²) in [7, 11) is 1.68. The first-order valence-corrected chi connectivity index (χ1v) is 8.19. The van der Waals surface area contributed by atoms with Gasteiger partial charge in [0.05, 0.1) is 6.04 Å². The number of nitrogens with one attached hydrogen (secondary N) is 1. The molecule has 26 heavy (non-hydrogen) atoms. The Bertz CT molecular complexity index is 813. The minimum atomic E-state index is -0.640. The van der Waals surface area contributed by atoms with E-state index in [1.807, 2.05) is 0 Å². The Kier molecular flexibility index (Phi) is 4.88. The topological polar surface area (TPSA) is 52.7 Å². The lowest BCUT2D eigenvalue weighted by atomic mass is 10.1. The number of carbonyl (C=O) groups excluding carboxylic acids is 2. The molecule has 0 unspecified atom stereocenters. The van der Waals surface area contributed by atoms with Gasteiger partial charge in [-0.05, 0) is 35.4 Å². The highest BCUT2D eigenvalue weighted by Crippen LogP contribution is 2.24. The van der Waals surface area contributed by atoms with Gasteiger partial charge in [-0.1, -0.05) is 12.1 Å². The first-order valence-electron chi connectivity index (χ1n) is 8.19. The Labute approximate surface area is 150 Å². The van der Waals surface area contributed by atoms with Crippen molar-refractivity contribution >= 4 is 17.6 Å². The number of hydrogen-bond donors (Lipinski definition) is 1. The summed E-state index contributed by atoms with van der Waals surface area (Å²) in [5, 5.41) is 2.77. The van der Waals surface area contributed by atoms with Gasteiger partial charge in [0, 0.05) is 38.8 Å². The Morgan fingerprint density at radius 1 is 1.04 bits per heavy atom. The van der Waals surface area contributed by atoms with E-state index < -0.39 is 11.6 Å². The lowest BCUT2D eigenvalue weighted by molar-refractivity contribution is -0.135. The molecule has 5 nitrogen and oxygen atoms in total. The summed E-state index contributed by atoms with van der Waals surface area (Å²) < 4.78 is 26.6. The number of carbonyl (C=O) groups is 2. The third-order valence-electron chi connectivity index (χ3n) is 4.51. The maximum Gasteiger partial charge on any atom is 0.321 e. The first kappa shape index (κ1) is 17.8. The van der Waals surface area contributed by atoms with Crippen LogP contribution in [0.25, 0.3) is 11.1 Å². The zero-order valence-electron chi connectivity index (χ0n) is 14.5. The highest BCUT2D eigenvalue weighted by molar-refractivity contribution is 5.90. The third-order valence-corrected chi connectivity index (χ3v) is 4.51. The van der Waals surface area contributed by atoms with E-state index in [4.69, 9.17) is 0 Å². The van der Waals surface area contributed by atoms with Crippen molar-refractivity contribution in [3.63, 3.8) is 0 Å². The van der Waals surface area contributed by atoms with Crippen LogP contribution in [0, 0.1) is 11.6 Å². The molecule has 0 aromatic heterocycles. The van der Waals surface area contributed by atoms with Crippen molar-refractivity contribution in [2.45, 2.75) is 13.0 Å². The Morgan fingerprint density at radius 3 is 2.15 bits per heavy atom. The van der Waals surface area contributed by atoms with Crippen molar-refractivity contribution in [3.8, 4) is 11.1 Å². The molecule has 0 spiro atoms. The molecule has 2 aromatic rings. The van der Waals surface area contributed by atoms with Gasteiger partial charge >= 0.3 is 6.03 Å².